The molecule has 3 aromatic heterocycles. The zero-order valence-corrected chi connectivity index (χ0v) is 19.4. The van der Waals surface area contributed by atoms with Crippen LogP contribution in [0.25, 0.3) is 33.5 Å². The van der Waals surface area contributed by atoms with Crippen LogP contribution in [-0.2, 0) is 0 Å². The second kappa shape index (κ2) is 9.52. The molecule has 0 aliphatic rings. The number of ether oxygens (including phenoxy) is 1. The van der Waals surface area contributed by atoms with Crippen molar-refractivity contribution in [1.82, 2.24) is 25.3 Å². The van der Waals surface area contributed by atoms with Gasteiger partial charge in [0.15, 0.2) is 11.0 Å². The van der Waals surface area contributed by atoms with Gasteiger partial charge in [-0.25, -0.2) is 15.0 Å². The summed E-state index contributed by atoms with van der Waals surface area (Å²) in [5.74, 6) is 1.83. The smallest absolute Gasteiger partial charge is 0.189 e. The summed E-state index contributed by atoms with van der Waals surface area (Å²) in [4.78, 5) is 19.2. The Bertz CT molecular complexity index is 1430. The fourth-order valence-electron chi connectivity index (χ4n) is 3.56. The highest BCUT2D eigenvalue weighted by Crippen LogP contribution is 2.37. The summed E-state index contributed by atoms with van der Waals surface area (Å²) in [5, 5.41) is 18.2. The monoisotopic (exact) mass is 470 g/mol. The molecule has 0 aliphatic heterocycles. The molecule has 3 heterocycles. The highest BCUT2D eigenvalue weighted by molar-refractivity contribution is 7.16. The molecule has 1 unspecified atom stereocenters. The quantitative estimate of drug-likeness (QED) is 0.292. The Kier molecular flexibility index (Phi) is 6.13. The minimum atomic E-state index is -0.851. The van der Waals surface area contributed by atoms with Crippen molar-refractivity contribution in [2.75, 3.05) is 19.5 Å². The molecule has 0 amide bonds. The van der Waals surface area contributed by atoms with Crippen molar-refractivity contribution in [2.45, 2.75) is 6.23 Å². The van der Waals surface area contributed by atoms with E-state index < -0.39 is 6.23 Å². The Morgan fingerprint density at radius 2 is 1.79 bits per heavy atom. The van der Waals surface area contributed by atoms with E-state index in [9.17, 15) is 5.11 Å². The topological polar surface area (TPSA) is 105 Å². The summed E-state index contributed by atoms with van der Waals surface area (Å²) in [6, 6.07) is 19.2. The molecular formula is C25H22N6O2S. The van der Waals surface area contributed by atoms with Crippen molar-refractivity contribution in [3.8, 4) is 28.4 Å². The third-order valence-corrected chi connectivity index (χ3v) is 6.29. The molecule has 3 N–H and O–H groups in total. The molecule has 0 spiro atoms. The summed E-state index contributed by atoms with van der Waals surface area (Å²) in [6.45, 7) is 0. The van der Waals surface area contributed by atoms with E-state index in [-0.39, 0.29) is 0 Å². The number of aromatic nitrogens is 4. The molecule has 1 atom stereocenters. The number of aliphatic hydroxyl groups excluding tert-OH is 1. The molecule has 0 fully saturated rings. The predicted octanol–water partition coefficient (Wildman–Crippen LogP) is 4.78. The fraction of sp³-hybridized carbons (Fsp3) is 0.120. The van der Waals surface area contributed by atoms with Gasteiger partial charge < -0.3 is 15.2 Å². The van der Waals surface area contributed by atoms with Gasteiger partial charge in [-0.1, -0.05) is 41.7 Å². The van der Waals surface area contributed by atoms with Crippen LogP contribution in [0.15, 0.2) is 73.1 Å². The number of hydrogen-bond donors (Lipinski definition) is 3. The van der Waals surface area contributed by atoms with E-state index in [0.29, 0.717) is 33.1 Å². The van der Waals surface area contributed by atoms with Crippen molar-refractivity contribution in [2.24, 2.45) is 0 Å². The third kappa shape index (κ3) is 4.32. The molecule has 5 rings (SSSR count). The Morgan fingerprint density at radius 1 is 0.971 bits per heavy atom. The highest BCUT2D eigenvalue weighted by atomic mass is 32.1. The maximum Gasteiger partial charge on any atom is 0.189 e. The van der Waals surface area contributed by atoms with E-state index in [1.807, 2.05) is 60.7 Å². The van der Waals surface area contributed by atoms with Crippen LogP contribution in [0, 0.1) is 0 Å². The molecule has 2 aromatic carbocycles. The van der Waals surface area contributed by atoms with Crippen molar-refractivity contribution in [1.29, 1.82) is 0 Å². The van der Waals surface area contributed by atoms with Crippen LogP contribution in [-0.4, -0.2) is 39.2 Å². The van der Waals surface area contributed by atoms with Gasteiger partial charge in [-0.3, -0.25) is 10.3 Å². The molecule has 0 saturated heterocycles. The van der Waals surface area contributed by atoms with Crippen molar-refractivity contribution >= 4 is 33.2 Å². The molecule has 0 radical (unpaired) electrons. The molecule has 0 bridgehead atoms. The number of rotatable bonds is 7. The van der Waals surface area contributed by atoms with Gasteiger partial charge in [0.2, 0.25) is 0 Å². The summed E-state index contributed by atoms with van der Waals surface area (Å²) < 4.78 is 5.42. The van der Waals surface area contributed by atoms with Crippen LogP contribution in [0.1, 0.15) is 11.1 Å². The number of fused-ring (bicyclic) bond motifs is 1. The largest absolute Gasteiger partial charge is 0.497 e. The average Bonchev–Trinajstić information content (AvgIpc) is 3.32. The number of aliphatic hydroxyl groups is 1. The standard InChI is InChI=1S/C25H22N6O2S/c1-26-24(32)21-20(15-7-4-3-5-8-15)29-25(34-21)31-23-18-13-17(33-2)10-11-19(18)28-22(30-23)16-9-6-12-27-14-16/h3-14,24,26,32H,1-2H3,(H,28,29,30,31). The lowest BCUT2D eigenvalue weighted by Gasteiger charge is -2.10. The van der Waals surface area contributed by atoms with Gasteiger partial charge in [-0.2, -0.15) is 0 Å². The fourth-order valence-corrected chi connectivity index (χ4v) is 4.54. The van der Waals surface area contributed by atoms with Crippen molar-refractivity contribution < 1.29 is 9.84 Å². The molecule has 0 aliphatic carbocycles. The molecule has 0 saturated carbocycles. The van der Waals surface area contributed by atoms with Gasteiger partial charge >= 0.3 is 0 Å². The molecule has 9 heteroatoms. The predicted molar refractivity (Wildman–Crippen MR) is 134 cm³/mol. The lowest BCUT2D eigenvalue weighted by atomic mass is 10.1. The first-order valence-corrected chi connectivity index (χ1v) is 11.4. The lowest BCUT2D eigenvalue weighted by Crippen LogP contribution is -2.14. The molecule has 34 heavy (non-hydrogen) atoms. The first-order valence-electron chi connectivity index (χ1n) is 10.6. The normalized spacial score (nSPS) is 12.0. The Labute approximate surface area is 200 Å². The van der Waals surface area contributed by atoms with E-state index >= 15 is 0 Å². The van der Waals surface area contributed by atoms with Crippen LogP contribution >= 0.6 is 11.3 Å². The van der Waals surface area contributed by atoms with E-state index in [1.54, 1.807) is 26.6 Å². The Balaban J connectivity index is 1.64. The van der Waals surface area contributed by atoms with Gasteiger partial charge in [0, 0.05) is 28.9 Å². The van der Waals surface area contributed by atoms with Crippen molar-refractivity contribution in [3.05, 3.63) is 77.9 Å². The number of nitrogens with zero attached hydrogens (tertiary/aromatic N) is 4. The van der Waals surface area contributed by atoms with Gasteiger partial charge in [0.25, 0.3) is 0 Å². The molecule has 8 nitrogen and oxygen atoms in total. The molecular weight excluding hydrogens is 448 g/mol. The Hall–Kier alpha value is -3.92. The van der Waals surface area contributed by atoms with Gasteiger partial charge in [0.05, 0.1) is 23.2 Å². The minimum Gasteiger partial charge on any atom is -0.497 e. The van der Waals surface area contributed by atoms with Gasteiger partial charge in [-0.05, 0) is 37.4 Å². The highest BCUT2D eigenvalue weighted by Gasteiger charge is 2.20. The van der Waals surface area contributed by atoms with Crippen LogP contribution in [0.3, 0.4) is 0 Å². The second-order valence-electron chi connectivity index (χ2n) is 7.43. The number of thiazole rings is 1. The Morgan fingerprint density at radius 3 is 2.53 bits per heavy atom. The number of nitrogens with one attached hydrogen (secondary N) is 2. The average molecular weight is 471 g/mol. The SMILES string of the molecule is CNC(O)c1sc(Nc2nc(-c3cccnc3)nc3ccc(OC)cc23)nc1-c1ccccc1. The number of benzene rings is 2. The maximum atomic E-state index is 10.6. The van der Waals surface area contributed by atoms with Crippen LogP contribution < -0.4 is 15.4 Å². The van der Waals surface area contributed by atoms with Crippen molar-refractivity contribution in [3.63, 3.8) is 0 Å². The first-order chi connectivity index (χ1) is 16.7. The zero-order chi connectivity index (χ0) is 23.5. The van der Waals surface area contributed by atoms with Crippen LogP contribution in [0.2, 0.25) is 0 Å². The van der Waals surface area contributed by atoms with Gasteiger partial charge in [0.1, 0.15) is 17.8 Å². The number of hydrogen-bond acceptors (Lipinski definition) is 9. The molecule has 5 aromatic rings. The number of methoxy groups -OCH3 is 1. The zero-order valence-electron chi connectivity index (χ0n) is 18.6. The second-order valence-corrected chi connectivity index (χ2v) is 8.47. The van der Waals surface area contributed by atoms with E-state index in [1.165, 1.54) is 11.3 Å². The van der Waals surface area contributed by atoms with E-state index in [0.717, 1.165) is 22.0 Å². The third-order valence-electron chi connectivity index (χ3n) is 5.27. The number of anilines is 2. The lowest BCUT2D eigenvalue weighted by molar-refractivity contribution is 0.153. The van der Waals surface area contributed by atoms with Gasteiger partial charge in [-0.15, -0.1) is 0 Å². The summed E-state index contributed by atoms with van der Waals surface area (Å²) >= 11 is 1.36. The summed E-state index contributed by atoms with van der Waals surface area (Å²) in [5.41, 5.74) is 3.19. The maximum absolute atomic E-state index is 10.6. The van der Waals surface area contributed by atoms with E-state index in [2.05, 4.69) is 15.6 Å². The van der Waals surface area contributed by atoms with E-state index in [4.69, 9.17) is 19.7 Å². The first kappa shape index (κ1) is 21.9. The van der Waals surface area contributed by atoms with Crippen LogP contribution in [0.4, 0.5) is 10.9 Å². The summed E-state index contributed by atoms with van der Waals surface area (Å²) in [6.07, 6.45) is 2.59. The molecule has 170 valence electrons. The number of pyridine rings is 1. The minimum absolute atomic E-state index is 0.545. The van der Waals surface area contributed by atoms with Crippen LogP contribution in [0.5, 0.6) is 5.75 Å². The summed E-state index contributed by atoms with van der Waals surface area (Å²) in [7, 11) is 3.33.